The molecule has 1 aromatic carbocycles. The lowest BCUT2D eigenvalue weighted by molar-refractivity contribution is 0.0970. The van der Waals surface area contributed by atoms with Crippen molar-refractivity contribution in [2.45, 2.75) is 72.4 Å². The van der Waals surface area contributed by atoms with Gasteiger partial charge in [-0.3, -0.25) is 10.1 Å². The summed E-state index contributed by atoms with van der Waals surface area (Å²) in [6, 6.07) is 7.58. The molecule has 1 amide bonds. The molecular weight excluding hydrogens is 344 g/mol. The van der Waals surface area contributed by atoms with Crippen LogP contribution in [0.4, 0.5) is 0 Å². The molecule has 0 spiro atoms. The number of thiocarbonyl (C=S) groups is 1. The van der Waals surface area contributed by atoms with Crippen LogP contribution < -0.4 is 15.4 Å². The van der Waals surface area contributed by atoms with Crippen LogP contribution in [0.3, 0.4) is 0 Å². The van der Waals surface area contributed by atoms with Gasteiger partial charge < -0.3 is 10.1 Å². The summed E-state index contributed by atoms with van der Waals surface area (Å²) in [5.41, 5.74) is 0.863. The number of para-hydroxylation sites is 1. The first kappa shape index (κ1) is 20.7. The predicted octanol–water partition coefficient (Wildman–Crippen LogP) is 4.68. The van der Waals surface area contributed by atoms with E-state index in [1.165, 1.54) is 12.8 Å². The first-order valence-electron chi connectivity index (χ1n) is 9.54. The molecule has 0 bridgehead atoms. The van der Waals surface area contributed by atoms with E-state index in [0.717, 1.165) is 18.8 Å². The van der Waals surface area contributed by atoms with E-state index in [2.05, 4.69) is 31.4 Å². The Morgan fingerprint density at radius 1 is 1.15 bits per heavy atom. The highest BCUT2D eigenvalue weighted by molar-refractivity contribution is 7.80. The standard InChI is InChI=1S/C21H32N2O2S/c1-14(2)25-18-9-7-6-8-17(18)19(24)23-20(26)22-16-12-10-15(11-13-16)21(3,4)5/h6-9,14-16H,10-13H2,1-5H3,(H2,22,23,24,26). The van der Waals surface area contributed by atoms with Gasteiger partial charge in [-0.2, -0.15) is 0 Å². The molecule has 0 unspecified atom stereocenters. The molecule has 1 aliphatic carbocycles. The normalized spacial score (nSPS) is 20.5. The molecule has 1 saturated carbocycles. The number of amides is 1. The van der Waals surface area contributed by atoms with Crippen molar-refractivity contribution < 1.29 is 9.53 Å². The van der Waals surface area contributed by atoms with Crippen LogP contribution in [0.25, 0.3) is 0 Å². The zero-order valence-electron chi connectivity index (χ0n) is 16.6. The van der Waals surface area contributed by atoms with Crippen molar-refractivity contribution in [2.75, 3.05) is 0 Å². The maximum Gasteiger partial charge on any atom is 0.261 e. The highest BCUT2D eigenvalue weighted by Gasteiger charge is 2.30. The van der Waals surface area contributed by atoms with Crippen molar-refractivity contribution in [1.82, 2.24) is 10.6 Å². The number of hydrogen-bond acceptors (Lipinski definition) is 3. The zero-order chi connectivity index (χ0) is 19.3. The summed E-state index contributed by atoms with van der Waals surface area (Å²) in [5, 5.41) is 6.51. The van der Waals surface area contributed by atoms with Gasteiger partial charge in [-0.15, -0.1) is 0 Å². The van der Waals surface area contributed by atoms with Crippen LogP contribution >= 0.6 is 12.2 Å². The summed E-state index contributed by atoms with van der Waals surface area (Å²) in [5.74, 6) is 1.10. The number of hydrogen-bond donors (Lipinski definition) is 2. The van der Waals surface area contributed by atoms with E-state index < -0.39 is 0 Å². The Labute approximate surface area is 163 Å². The van der Waals surface area contributed by atoms with Gasteiger partial charge in [0.2, 0.25) is 0 Å². The van der Waals surface area contributed by atoms with Crippen molar-refractivity contribution in [3.63, 3.8) is 0 Å². The van der Waals surface area contributed by atoms with Gasteiger partial charge in [-0.05, 0) is 75.2 Å². The minimum absolute atomic E-state index is 0.00651. The third-order valence-corrected chi connectivity index (χ3v) is 5.23. The molecule has 26 heavy (non-hydrogen) atoms. The van der Waals surface area contributed by atoms with Crippen molar-refractivity contribution in [1.29, 1.82) is 0 Å². The smallest absolute Gasteiger partial charge is 0.261 e. The quantitative estimate of drug-likeness (QED) is 0.749. The molecule has 5 heteroatoms. The van der Waals surface area contributed by atoms with E-state index in [1.54, 1.807) is 12.1 Å². The summed E-state index contributed by atoms with van der Waals surface area (Å²) in [7, 11) is 0. The Morgan fingerprint density at radius 2 is 1.77 bits per heavy atom. The van der Waals surface area contributed by atoms with Crippen LogP contribution in [0.1, 0.15) is 70.7 Å². The highest BCUT2D eigenvalue weighted by atomic mass is 32.1. The monoisotopic (exact) mass is 376 g/mol. The van der Waals surface area contributed by atoms with Gasteiger partial charge in [0.25, 0.3) is 5.91 Å². The third kappa shape index (κ3) is 5.97. The van der Waals surface area contributed by atoms with Crippen molar-refractivity contribution in [2.24, 2.45) is 11.3 Å². The molecule has 1 aromatic rings. The van der Waals surface area contributed by atoms with E-state index in [-0.39, 0.29) is 12.0 Å². The minimum atomic E-state index is -0.234. The van der Waals surface area contributed by atoms with Gasteiger partial charge in [0.05, 0.1) is 11.7 Å². The summed E-state index contributed by atoms with van der Waals surface area (Å²) >= 11 is 5.36. The fraction of sp³-hybridized carbons (Fsp3) is 0.619. The molecule has 0 atom stereocenters. The Kier molecular flexibility index (Phi) is 7.04. The molecule has 1 aliphatic rings. The molecule has 4 nitrogen and oxygen atoms in total. The highest BCUT2D eigenvalue weighted by Crippen LogP contribution is 2.37. The molecule has 0 aliphatic heterocycles. The summed E-state index contributed by atoms with van der Waals surface area (Å²) in [4.78, 5) is 12.6. The van der Waals surface area contributed by atoms with Gasteiger partial charge in [0.1, 0.15) is 5.75 Å². The summed E-state index contributed by atoms with van der Waals surface area (Å²) < 4.78 is 5.72. The summed E-state index contributed by atoms with van der Waals surface area (Å²) in [6.07, 6.45) is 4.58. The van der Waals surface area contributed by atoms with Crippen molar-refractivity contribution >= 4 is 23.2 Å². The number of rotatable bonds is 4. The Morgan fingerprint density at radius 3 is 2.35 bits per heavy atom. The van der Waals surface area contributed by atoms with Crippen molar-refractivity contribution in [3.05, 3.63) is 29.8 Å². The van der Waals surface area contributed by atoms with E-state index in [9.17, 15) is 4.79 Å². The lowest BCUT2D eigenvalue weighted by Crippen LogP contribution is -2.46. The largest absolute Gasteiger partial charge is 0.490 e. The number of ether oxygens (including phenoxy) is 1. The average Bonchev–Trinajstić information content (AvgIpc) is 2.54. The SMILES string of the molecule is CC(C)Oc1ccccc1C(=O)NC(=S)NC1CCC(C(C)(C)C)CC1. The number of nitrogens with one attached hydrogen (secondary N) is 2. The maximum absolute atomic E-state index is 12.6. The van der Waals surface area contributed by atoms with Crippen LogP contribution in [-0.2, 0) is 0 Å². The number of benzene rings is 1. The zero-order valence-corrected chi connectivity index (χ0v) is 17.4. The Balaban J connectivity index is 1.88. The van der Waals surface area contributed by atoms with Crippen molar-refractivity contribution in [3.8, 4) is 5.75 Å². The van der Waals surface area contributed by atoms with Crippen LogP contribution in [-0.4, -0.2) is 23.2 Å². The van der Waals surface area contributed by atoms with Gasteiger partial charge in [-0.1, -0.05) is 32.9 Å². The summed E-state index contributed by atoms with van der Waals surface area (Å²) in [6.45, 7) is 10.8. The molecule has 2 N–H and O–H groups in total. The molecule has 2 rings (SSSR count). The van der Waals surface area contributed by atoms with E-state index in [1.807, 2.05) is 26.0 Å². The lowest BCUT2D eigenvalue weighted by atomic mass is 9.71. The maximum atomic E-state index is 12.6. The average molecular weight is 377 g/mol. The first-order valence-corrected chi connectivity index (χ1v) is 9.95. The molecular formula is C21H32N2O2S. The molecule has 144 valence electrons. The topological polar surface area (TPSA) is 50.4 Å². The molecule has 1 fully saturated rings. The van der Waals surface area contributed by atoms with E-state index in [4.69, 9.17) is 17.0 Å². The predicted molar refractivity (Wildman–Crippen MR) is 111 cm³/mol. The lowest BCUT2D eigenvalue weighted by Gasteiger charge is -2.37. The van der Waals surface area contributed by atoms with Crippen LogP contribution in [0.5, 0.6) is 5.75 Å². The number of carbonyl (C=O) groups is 1. The van der Waals surface area contributed by atoms with Crippen LogP contribution in [0.2, 0.25) is 0 Å². The Hall–Kier alpha value is -1.62. The fourth-order valence-corrected chi connectivity index (χ4v) is 3.77. The molecule has 0 aromatic heterocycles. The van der Waals surface area contributed by atoms with E-state index >= 15 is 0 Å². The second-order valence-electron chi connectivity index (χ2n) is 8.50. The second-order valence-corrected chi connectivity index (χ2v) is 8.91. The molecule has 0 saturated heterocycles. The fourth-order valence-electron chi connectivity index (χ4n) is 3.51. The third-order valence-electron chi connectivity index (χ3n) is 5.01. The first-order chi connectivity index (χ1) is 12.2. The van der Waals surface area contributed by atoms with E-state index in [0.29, 0.717) is 27.9 Å². The van der Waals surface area contributed by atoms with Crippen LogP contribution in [0, 0.1) is 11.3 Å². The molecule has 0 heterocycles. The minimum Gasteiger partial charge on any atom is -0.490 e. The van der Waals surface area contributed by atoms with Gasteiger partial charge in [0.15, 0.2) is 5.11 Å². The van der Waals surface area contributed by atoms with Gasteiger partial charge in [-0.25, -0.2) is 0 Å². The van der Waals surface area contributed by atoms with Gasteiger partial charge in [0, 0.05) is 6.04 Å². The molecule has 0 radical (unpaired) electrons. The van der Waals surface area contributed by atoms with Crippen LogP contribution in [0.15, 0.2) is 24.3 Å². The number of carbonyl (C=O) groups excluding carboxylic acids is 1. The second kappa shape index (κ2) is 8.85. The Bertz CT molecular complexity index is 629. The van der Waals surface area contributed by atoms with Gasteiger partial charge >= 0.3 is 0 Å².